The van der Waals surface area contributed by atoms with Crippen LogP contribution >= 0.6 is 23.2 Å². The molecule has 0 bridgehead atoms. The van der Waals surface area contributed by atoms with Gasteiger partial charge in [0.05, 0.1) is 16.1 Å². The Morgan fingerprint density at radius 3 is 2.71 bits per heavy atom. The lowest BCUT2D eigenvalue weighted by Crippen LogP contribution is -2.25. The number of ether oxygens (including phenoxy) is 2. The van der Waals surface area contributed by atoms with Crippen molar-refractivity contribution in [3.05, 3.63) is 57.6 Å². The third-order valence-electron chi connectivity index (χ3n) is 3.67. The molecule has 0 radical (unpaired) electrons. The Bertz CT molecular complexity index is 766. The number of fused-ring (bicyclic) bond motifs is 1. The largest absolute Gasteiger partial charge is 0.454 e. The minimum atomic E-state index is -0.714. The van der Waals surface area contributed by atoms with Gasteiger partial charge >= 0.3 is 0 Å². The molecule has 1 aliphatic rings. The zero-order valence-electron chi connectivity index (χ0n) is 12.6. The van der Waals surface area contributed by atoms with Gasteiger partial charge in [0.2, 0.25) is 6.79 Å². The molecule has 2 aromatic rings. The summed E-state index contributed by atoms with van der Waals surface area (Å²) >= 11 is 11.7. The standard InChI is InChI=1S/C17H15Cl2NO4/c18-12-3-1-11(7-13(12)19)17(22)20-6-5-14(21)10-2-4-15-16(8-10)24-9-23-15/h1-4,7-8,14,21H,5-6,9H2,(H,20,22). The number of carbonyl (C=O) groups excluding carboxylic acids is 1. The Balaban J connectivity index is 1.54. The SMILES string of the molecule is O=C(NCCC(O)c1ccc2c(c1)OCO2)c1ccc(Cl)c(Cl)c1. The van der Waals surface area contributed by atoms with Gasteiger partial charge in [0.15, 0.2) is 11.5 Å². The summed E-state index contributed by atoms with van der Waals surface area (Å²) in [5, 5.41) is 13.7. The zero-order chi connectivity index (χ0) is 17.1. The average molecular weight is 368 g/mol. The van der Waals surface area contributed by atoms with Crippen molar-refractivity contribution >= 4 is 29.1 Å². The van der Waals surface area contributed by atoms with Crippen LogP contribution in [0.5, 0.6) is 11.5 Å². The second-order valence-electron chi connectivity index (χ2n) is 5.30. The minimum Gasteiger partial charge on any atom is -0.454 e. The summed E-state index contributed by atoms with van der Waals surface area (Å²) in [7, 11) is 0. The quantitative estimate of drug-likeness (QED) is 0.847. The number of benzene rings is 2. The summed E-state index contributed by atoms with van der Waals surface area (Å²) in [6.07, 6.45) is -0.346. The van der Waals surface area contributed by atoms with Crippen molar-refractivity contribution in [3.63, 3.8) is 0 Å². The van der Waals surface area contributed by atoms with E-state index in [1.165, 1.54) is 6.07 Å². The molecule has 0 saturated carbocycles. The first-order valence-corrected chi connectivity index (χ1v) is 8.11. The van der Waals surface area contributed by atoms with E-state index >= 15 is 0 Å². The van der Waals surface area contributed by atoms with Crippen molar-refractivity contribution in [2.45, 2.75) is 12.5 Å². The number of rotatable bonds is 5. The first-order chi connectivity index (χ1) is 11.5. The van der Waals surface area contributed by atoms with Crippen LogP contribution in [-0.4, -0.2) is 24.4 Å². The second-order valence-corrected chi connectivity index (χ2v) is 6.12. The Morgan fingerprint density at radius 2 is 1.92 bits per heavy atom. The highest BCUT2D eigenvalue weighted by molar-refractivity contribution is 6.42. The van der Waals surface area contributed by atoms with Gasteiger partial charge in [-0.2, -0.15) is 0 Å². The van der Waals surface area contributed by atoms with Crippen LogP contribution in [0.4, 0.5) is 0 Å². The van der Waals surface area contributed by atoms with Gasteiger partial charge in [0.1, 0.15) is 0 Å². The van der Waals surface area contributed by atoms with E-state index in [4.69, 9.17) is 32.7 Å². The van der Waals surface area contributed by atoms with Crippen LogP contribution in [0.15, 0.2) is 36.4 Å². The minimum absolute atomic E-state index is 0.189. The van der Waals surface area contributed by atoms with E-state index in [2.05, 4.69) is 5.32 Å². The molecule has 3 rings (SSSR count). The highest BCUT2D eigenvalue weighted by Gasteiger charge is 2.17. The van der Waals surface area contributed by atoms with Crippen LogP contribution in [0.3, 0.4) is 0 Å². The lowest BCUT2D eigenvalue weighted by Gasteiger charge is -2.12. The molecule has 126 valence electrons. The molecule has 1 aliphatic heterocycles. The molecule has 24 heavy (non-hydrogen) atoms. The van der Waals surface area contributed by atoms with Crippen molar-refractivity contribution in [2.24, 2.45) is 0 Å². The summed E-state index contributed by atoms with van der Waals surface area (Å²) in [4.78, 5) is 12.0. The number of aliphatic hydroxyl groups excluding tert-OH is 1. The summed E-state index contributed by atoms with van der Waals surface area (Å²) in [6.45, 7) is 0.503. The summed E-state index contributed by atoms with van der Waals surface area (Å²) in [5.41, 5.74) is 1.13. The maximum Gasteiger partial charge on any atom is 0.251 e. The van der Waals surface area contributed by atoms with Crippen molar-refractivity contribution in [1.82, 2.24) is 5.32 Å². The normalized spacial score (nSPS) is 13.6. The fourth-order valence-corrected chi connectivity index (χ4v) is 2.65. The molecule has 5 nitrogen and oxygen atoms in total. The number of carbonyl (C=O) groups is 1. The Hall–Kier alpha value is -1.95. The zero-order valence-corrected chi connectivity index (χ0v) is 14.1. The van der Waals surface area contributed by atoms with Crippen molar-refractivity contribution in [3.8, 4) is 11.5 Å². The number of nitrogens with one attached hydrogen (secondary N) is 1. The molecule has 7 heteroatoms. The van der Waals surface area contributed by atoms with Gasteiger partial charge in [-0.1, -0.05) is 29.3 Å². The van der Waals surface area contributed by atoms with Crippen LogP contribution < -0.4 is 14.8 Å². The molecule has 2 N–H and O–H groups in total. The van der Waals surface area contributed by atoms with Crippen LogP contribution in [0, 0.1) is 0 Å². The van der Waals surface area contributed by atoms with Gasteiger partial charge in [0, 0.05) is 12.1 Å². The lowest BCUT2D eigenvalue weighted by molar-refractivity contribution is 0.0942. The summed E-state index contributed by atoms with van der Waals surface area (Å²) in [6, 6.07) is 9.95. The third-order valence-corrected chi connectivity index (χ3v) is 4.41. The smallest absolute Gasteiger partial charge is 0.251 e. The molecule has 0 spiro atoms. The van der Waals surface area contributed by atoms with Crippen LogP contribution in [0.2, 0.25) is 10.0 Å². The molecule has 0 aromatic heterocycles. The number of hydrogen-bond acceptors (Lipinski definition) is 4. The predicted octanol–water partition coefficient (Wildman–Crippen LogP) is 3.58. The number of halogens is 2. The predicted molar refractivity (Wildman–Crippen MR) is 90.9 cm³/mol. The van der Waals surface area contributed by atoms with Crippen LogP contribution in [0.25, 0.3) is 0 Å². The Kier molecular flexibility index (Phi) is 5.14. The van der Waals surface area contributed by atoms with Gasteiger partial charge < -0.3 is 19.9 Å². The van der Waals surface area contributed by atoms with Crippen LogP contribution in [-0.2, 0) is 0 Å². The summed E-state index contributed by atoms with van der Waals surface area (Å²) < 4.78 is 10.5. The van der Waals surface area contributed by atoms with Gasteiger partial charge in [-0.05, 0) is 42.3 Å². The van der Waals surface area contributed by atoms with Gasteiger partial charge in [-0.25, -0.2) is 0 Å². The van der Waals surface area contributed by atoms with Gasteiger partial charge in [0.25, 0.3) is 5.91 Å². The summed E-state index contributed by atoms with van der Waals surface area (Å²) in [5.74, 6) is 1.01. The first kappa shape index (κ1) is 16.9. The van der Waals surface area contributed by atoms with E-state index < -0.39 is 6.10 Å². The van der Waals surface area contributed by atoms with Crippen molar-refractivity contribution in [2.75, 3.05) is 13.3 Å². The fraction of sp³-hybridized carbons (Fsp3) is 0.235. The number of hydrogen-bond donors (Lipinski definition) is 2. The van der Waals surface area contributed by atoms with E-state index in [0.29, 0.717) is 45.6 Å². The highest BCUT2D eigenvalue weighted by Crippen LogP contribution is 2.34. The molecule has 2 aromatic carbocycles. The molecule has 0 saturated heterocycles. The highest BCUT2D eigenvalue weighted by atomic mass is 35.5. The molecular formula is C17H15Cl2NO4. The van der Waals surface area contributed by atoms with E-state index in [1.807, 2.05) is 0 Å². The molecule has 1 atom stereocenters. The van der Waals surface area contributed by atoms with E-state index in [0.717, 1.165) is 0 Å². The Labute approximate surface area is 149 Å². The monoisotopic (exact) mass is 367 g/mol. The van der Waals surface area contributed by atoms with E-state index in [1.54, 1.807) is 30.3 Å². The third kappa shape index (κ3) is 3.75. The molecule has 1 amide bonds. The average Bonchev–Trinajstić information content (AvgIpc) is 3.04. The van der Waals surface area contributed by atoms with E-state index in [9.17, 15) is 9.90 Å². The maximum atomic E-state index is 12.0. The van der Waals surface area contributed by atoms with E-state index in [-0.39, 0.29) is 12.7 Å². The van der Waals surface area contributed by atoms with Gasteiger partial charge in [-0.15, -0.1) is 0 Å². The number of amides is 1. The van der Waals surface area contributed by atoms with Crippen LogP contribution in [0.1, 0.15) is 28.4 Å². The van der Waals surface area contributed by atoms with Crippen molar-refractivity contribution in [1.29, 1.82) is 0 Å². The molecule has 0 aliphatic carbocycles. The second kappa shape index (κ2) is 7.30. The van der Waals surface area contributed by atoms with Crippen molar-refractivity contribution < 1.29 is 19.4 Å². The first-order valence-electron chi connectivity index (χ1n) is 7.35. The molecular weight excluding hydrogens is 353 g/mol. The lowest BCUT2D eigenvalue weighted by atomic mass is 10.1. The number of aliphatic hydroxyl groups is 1. The Morgan fingerprint density at radius 1 is 1.12 bits per heavy atom. The molecule has 0 fully saturated rings. The maximum absolute atomic E-state index is 12.0. The fourth-order valence-electron chi connectivity index (χ4n) is 2.35. The topological polar surface area (TPSA) is 67.8 Å². The molecule has 1 unspecified atom stereocenters. The van der Waals surface area contributed by atoms with Gasteiger partial charge in [-0.3, -0.25) is 4.79 Å². The molecule has 1 heterocycles.